The van der Waals surface area contributed by atoms with Crippen LogP contribution in [-0.2, 0) is 4.79 Å². The Morgan fingerprint density at radius 3 is 2.12 bits per heavy atom. The van der Waals surface area contributed by atoms with Crippen molar-refractivity contribution in [1.82, 2.24) is 10.2 Å². The van der Waals surface area contributed by atoms with E-state index < -0.39 is 11.8 Å². The summed E-state index contributed by atoms with van der Waals surface area (Å²) in [5, 5.41) is 2.85. The molecule has 5 nitrogen and oxygen atoms in total. The zero-order chi connectivity index (χ0) is 17.3. The van der Waals surface area contributed by atoms with Crippen molar-refractivity contribution in [2.45, 2.75) is 19.9 Å². The topological polar surface area (TPSA) is 66.5 Å². The number of aryl methyl sites for hydroxylation is 1. The van der Waals surface area contributed by atoms with E-state index in [2.05, 4.69) is 5.32 Å². The molecule has 1 N–H and O–H groups in total. The standard InChI is InChI=1S/C19H18N2O3/c1-12-7-3-4-8-14(12)13(2)20-17(22)11-21-18(23)15-9-5-6-10-16(15)19(21)24/h3-10,13H,11H2,1-2H3,(H,20,22)/t13-/m0/s1. The van der Waals surface area contributed by atoms with E-state index in [0.717, 1.165) is 16.0 Å². The molecule has 1 heterocycles. The van der Waals surface area contributed by atoms with Crippen molar-refractivity contribution in [3.63, 3.8) is 0 Å². The van der Waals surface area contributed by atoms with Gasteiger partial charge in [-0.1, -0.05) is 36.4 Å². The van der Waals surface area contributed by atoms with Gasteiger partial charge in [0.1, 0.15) is 6.54 Å². The fourth-order valence-corrected chi connectivity index (χ4v) is 2.96. The first kappa shape index (κ1) is 15.9. The van der Waals surface area contributed by atoms with Crippen LogP contribution in [0.15, 0.2) is 48.5 Å². The van der Waals surface area contributed by atoms with Crippen LogP contribution in [0.25, 0.3) is 0 Å². The molecule has 3 amide bonds. The summed E-state index contributed by atoms with van der Waals surface area (Å²) in [7, 11) is 0. The van der Waals surface area contributed by atoms with Gasteiger partial charge in [-0.3, -0.25) is 19.3 Å². The highest BCUT2D eigenvalue weighted by Crippen LogP contribution is 2.22. The third kappa shape index (κ3) is 2.80. The quantitative estimate of drug-likeness (QED) is 0.879. The molecule has 3 rings (SSSR count). The summed E-state index contributed by atoms with van der Waals surface area (Å²) in [6.45, 7) is 3.58. The van der Waals surface area contributed by atoms with Crippen molar-refractivity contribution in [3.8, 4) is 0 Å². The molecule has 1 aliphatic rings. The van der Waals surface area contributed by atoms with Crippen molar-refractivity contribution in [1.29, 1.82) is 0 Å². The molecular weight excluding hydrogens is 304 g/mol. The Morgan fingerprint density at radius 2 is 1.54 bits per heavy atom. The maximum absolute atomic E-state index is 12.3. The Hall–Kier alpha value is -2.95. The third-order valence-electron chi connectivity index (χ3n) is 4.21. The molecule has 5 heteroatoms. The molecule has 0 aromatic heterocycles. The molecule has 0 unspecified atom stereocenters. The molecule has 0 spiro atoms. The Bertz CT molecular complexity index is 794. The number of hydrogen-bond acceptors (Lipinski definition) is 3. The van der Waals surface area contributed by atoms with E-state index >= 15 is 0 Å². The number of benzene rings is 2. The predicted molar refractivity (Wildman–Crippen MR) is 89.5 cm³/mol. The lowest BCUT2D eigenvalue weighted by atomic mass is 10.0. The van der Waals surface area contributed by atoms with Gasteiger partial charge in [-0.15, -0.1) is 0 Å². The molecule has 2 aromatic rings. The molecule has 0 fully saturated rings. The molecule has 2 aromatic carbocycles. The summed E-state index contributed by atoms with van der Waals surface area (Å²) in [5.41, 5.74) is 2.78. The van der Waals surface area contributed by atoms with Gasteiger partial charge in [0, 0.05) is 0 Å². The first-order valence-electron chi connectivity index (χ1n) is 7.79. The minimum absolute atomic E-state index is 0.200. The monoisotopic (exact) mass is 322 g/mol. The van der Waals surface area contributed by atoms with Crippen LogP contribution in [0.3, 0.4) is 0 Å². The number of nitrogens with zero attached hydrogens (tertiary/aromatic N) is 1. The summed E-state index contributed by atoms with van der Waals surface area (Å²) in [5.74, 6) is -1.20. The number of nitrogens with one attached hydrogen (secondary N) is 1. The second-order valence-corrected chi connectivity index (χ2v) is 5.89. The predicted octanol–water partition coefficient (Wildman–Crippen LogP) is 2.47. The SMILES string of the molecule is Cc1ccccc1[C@H](C)NC(=O)CN1C(=O)c2ccccc2C1=O. The van der Waals surface area contributed by atoms with Gasteiger partial charge >= 0.3 is 0 Å². The molecule has 0 bridgehead atoms. The Balaban J connectivity index is 1.69. The number of carbonyl (C=O) groups is 3. The van der Waals surface area contributed by atoms with E-state index in [4.69, 9.17) is 0 Å². The second-order valence-electron chi connectivity index (χ2n) is 5.89. The van der Waals surface area contributed by atoms with Crippen molar-refractivity contribution in [2.24, 2.45) is 0 Å². The highest BCUT2D eigenvalue weighted by molar-refractivity contribution is 6.22. The Morgan fingerprint density at radius 1 is 1.00 bits per heavy atom. The highest BCUT2D eigenvalue weighted by Gasteiger charge is 2.36. The second kappa shape index (κ2) is 6.28. The lowest BCUT2D eigenvalue weighted by molar-refractivity contribution is -0.122. The molecule has 122 valence electrons. The van der Waals surface area contributed by atoms with E-state index in [9.17, 15) is 14.4 Å². The van der Waals surface area contributed by atoms with E-state index in [1.165, 1.54) is 0 Å². The van der Waals surface area contributed by atoms with Gasteiger partial charge in [0.05, 0.1) is 17.2 Å². The van der Waals surface area contributed by atoms with Gasteiger partial charge in [0.2, 0.25) is 5.91 Å². The van der Waals surface area contributed by atoms with Crippen LogP contribution < -0.4 is 5.32 Å². The van der Waals surface area contributed by atoms with Crippen LogP contribution in [0.5, 0.6) is 0 Å². The van der Waals surface area contributed by atoms with E-state index in [0.29, 0.717) is 11.1 Å². The minimum Gasteiger partial charge on any atom is -0.348 e. The number of rotatable bonds is 4. The number of imide groups is 1. The third-order valence-corrected chi connectivity index (χ3v) is 4.21. The van der Waals surface area contributed by atoms with Crippen molar-refractivity contribution in [2.75, 3.05) is 6.54 Å². The van der Waals surface area contributed by atoms with Gasteiger partial charge in [0.15, 0.2) is 0 Å². The van der Waals surface area contributed by atoms with Crippen LogP contribution in [0.4, 0.5) is 0 Å². The number of amides is 3. The van der Waals surface area contributed by atoms with Crippen molar-refractivity contribution >= 4 is 17.7 Å². The molecule has 0 radical (unpaired) electrons. The average Bonchev–Trinajstić information content (AvgIpc) is 2.80. The molecule has 0 aliphatic carbocycles. The van der Waals surface area contributed by atoms with Crippen LogP contribution in [0, 0.1) is 6.92 Å². The average molecular weight is 322 g/mol. The maximum Gasteiger partial charge on any atom is 0.262 e. The zero-order valence-corrected chi connectivity index (χ0v) is 13.6. The first-order valence-corrected chi connectivity index (χ1v) is 7.79. The van der Waals surface area contributed by atoms with E-state index in [1.54, 1.807) is 24.3 Å². The molecule has 0 saturated heterocycles. The largest absolute Gasteiger partial charge is 0.348 e. The number of fused-ring (bicyclic) bond motifs is 1. The van der Waals surface area contributed by atoms with Gasteiger partial charge in [-0.25, -0.2) is 0 Å². The molecule has 24 heavy (non-hydrogen) atoms. The first-order chi connectivity index (χ1) is 11.5. The zero-order valence-electron chi connectivity index (χ0n) is 13.6. The van der Waals surface area contributed by atoms with Gasteiger partial charge < -0.3 is 5.32 Å². The maximum atomic E-state index is 12.3. The normalized spacial score (nSPS) is 14.5. The smallest absolute Gasteiger partial charge is 0.262 e. The van der Waals surface area contributed by atoms with Crippen LogP contribution in [0.1, 0.15) is 44.8 Å². The Kier molecular flexibility index (Phi) is 4.16. The van der Waals surface area contributed by atoms with E-state index in [-0.39, 0.29) is 18.5 Å². The summed E-state index contributed by atoms with van der Waals surface area (Å²) in [6, 6.07) is 14.2. The van der Waals surface area contributed by atoms with Gasteiger partial charge in [0.25, 0.3) is 11.8 Å². The molecule has 0 saturated carbocycles. The van der Waals surface area contributed by atoms with Crippen molar-refractivity contribution in [3.05, 3.63) is 70.8 Å². The minimum atomic E-state index is -0.422. The molecule has 1 atom stereocenters. The van der Waals surface area contributed by atoms with E-state index in [1.807, 2.05) is 38.1 Å². The number of hydrogen-bond donors (Lipinski definition) is 1. The summed E-state index contributed by atoms with van der Waals surface area (Å²) in [4.78, 5) is 37.8. The van der Waals surface area contributed by atoms with Crippen LogP contribution in [-0.4, -0.2) is 29.2 Å². The van der Waals surface area contributed by atoms with Gasteiger partial charge in [-0.05, 0) is 37.1 Å². The number of carbonyl (C=O) groups excluding carboxylic acids is 3. The Labute approximate surface area is 140 Å². The summed E-state index contributed by atoms with van der Waals surface area (Å²) in [6.07, 6.45) is 0. The fourth-order valence-electron chi connectivity index (χ4n) is 2.96. The molecular formula is C19H18N2O3. The van der Waals surface area contributed by atoms with Crippen LogP contribution in [0.2, 0.25) is 0 Å². The highest BCUT2D eigenvalue weighted by atomic mass is 16.2. The fraction of sp³-hybridized carbons (Fsp3) is 0.211. The van der Waals surface area contributed by atoms with Crippen molar-refractivity contribution < 1.29 is 14.4 Å². The lowest BCUT2D eigenvalue weighted by Gasteiger charge is -2.19. The van der Waals surface area contributed by atoms with Crippen LogP contribution >= 0.6 is 0 Å². The lowest BCUT2D eigenvalue weighted by Crippen LogP contribution is -2.41. The van der Waals surface area contributed by atoms with Gasteiger partial charge in [-0.2, -0.15) is 0 Å². The summed E-state index contributed by atoms with van der Waals surface area (Å²) < 4.78 is 0. The molecule has 1 aliphatic heterocycles. The summed E-state index contributed by atoms with van der Waals surface area (Å²) >= 11 is 0.